The zero-order valence-corrected chi connectivity index (χ0v) is 10.3. The zero-order chi connectivity index (χ0) is 11.8. The molecule has 1 fully saturated rings. The number of piperidine rings is 1. The van der Waals surface area contributed by atoms with Gasteiger partial charge in [-0.25, -0.2) is 0 Å². The monoisotopic (exact) mass is 265 g/mol. The average molecular weight is 266 g/mol. The number of halogens is 1. The van der Waals surface area contributed by atoms with Crippen LogP contribution >= 0.6 is 10.7 Å². The van der Waals surface area contributed by atoms with Gasteiger partial charge in [0.2, 0.25) is 5.89 Å². The molecule has 2 rings (SSSR count). The van der Waals surface area contributed by atoms with Crippen LogP contribution in [0.3, 0.4) is 0 Å². The van der Waals surface area contributed by atoms with E-state index in [-0.39, 0.29) is 0 Å². The molecule has 16 heavy (non-hydrogen) atoms. The second-order valence-corrected chi connectivity index (χ2v) is 6.21. The lowest BCUT2D eigenvalue weighted by Crippen LogP contribution is -2.35. The molecule has 2 heterocycles. The zero-order valence-electron chi connectivity index (χ0n) is 8.76. The Morgan fingerprint density at radius 3 is 2.81 bits per heavy atom. The quantitative estimate of drug-likeness (QED) is 0.755. The van der Waals surface area contributed by atoms with Gasteiger partial charge in [0.25, 0.3) is 0 Å². The molecule has 1 saturated heterocycles. The molecule has 1 atom stereocenters. The fourth-order valence-electron chi connectivity index (χ4n) is 1.86. The van der Waals surface area contributed by atoms with E-state index in [1.54, 1.807) is 6.92 Å². The maximum absolute atomic E-state index is 11.4. The highest BCUT2D eigenvalue weighted by Gasteiger charge is 2.35. The summed E-state index contributed by atoms with van der Waals surface area (Å²) in [6.45, 7) is 2.09. The summed E-state index contributed by atoms with van der Waals surface area (Å²) < 4.78 is 29.0. The fraction of sp³-hybridized carbons (Fsp3) is 0.750. The van der Waals surface area contributed by atoms with Crippen molar-refractivity contribution < 1.29 is 12.9 Å². The van der Waals surface area contributed by atoms with Gasteiger partial charge in [-0.05, 0) is 19.8 Å². The Balaban J connectivity index is 2.30. The van der Waals surface area contributed by atoms with Crippen LogP contribution in [0, 0.1) is 6.92 Å². The Labute approximate surface area is 98.1 Å². The van der Waals surface area contributed by atoms with E-state index >= 15 is 0 Å². The summed E-state index contributed by atoms with van der Waals surface area (Å²) in [4.78, 5) is 4.06. The van der Waals surface area contributed by atoms with Crippen molar-refractivity contribution in [3.05, 3.63) is 11.7 Å². The molecule has 0 spiro atoms. The van der Waals surface area contributed by atoms with Gasteiger partial charge in [-0.15, -0.1) is 0 Å². The summed E-state index contributed by atoms with van der Waals surface area (Å²) >= 11 is 0. The summed E-state index contributed by atoms with van der Waals surface area (Å²) in [6, 6.07) is -0.419. The lowest BCUT2D eigenvalue weighted by atomic mass is 10.1. The molecule has 1 aromatic heterocycles. The second-order valence-electron chi connectivity index (χ2n) is 3.74. The minimum absolute atomic E-state index is 0.321. The lowest BCUT2D eigenvalue weighted by Gasteiger charge is -2.29. The van der Waals surface area contributed by atoms with Gasteiger partial charge in [0.15, 0.2) is 5.82 Å². The van der Waals surface area contributed by atoms with Crippen molar-refractivity contribution in [1.82, 2.24) is 14.4 Å². The van der Waals surface area contributed by atoms with Gasteiger partial charge in [0.05, 0.1) is 0 Å². The van der Waals surface area contributed by atoms with Crippen molar-refractivity contribution in [2.24, 2.45) is 0 Å². The molecule has 0 aromatic carbocycles. The predicted octanol–water partition coefficient (Wildman–Crippen LogP) is 1.39. The highest BCUT2D eigenvalue weighted by Crippen LogP contribution is 2.33. The van der Waals surface area contributed by atoms with Crippen molar-refractivity contribution >= 4 is 19.9 Å². The van der Waals surface area contributed by atoms with Crippen LogP contribution in [0.5, 0.6) is 0 Å². The highest BCUT2D eigenvalue weighted by atomic mass is 35.7. The van der Waals surface area contributed by atoms with Crippen LogP contribution in [0.2, 0.25) is 0 Å². The molecule has 1 aromatic rings. The summed E-state index contributed by atoms with van der Waals surface area (Å²) in [5.74, 6) is 0.814. The smallest absolute Gasteiger partial charge is 0.300 e. The lowest BCUT2D eigenvalue weighted by molar-refractivity contribution is 0.207. The van der Waals surface area contributed by atoms with E-state index in [9.17, 15) is 8.42 Å². The van der Waals surface area contributed by atoms with E-state index in [0.29, 0.717) is 24.7 Å². The molecule has 90 valence electrons. The molecular formula is C8H12ClN3O3S. The van der Waals surface area contributed by atoms with Crippen molar-refractivity contribution in [1.29, 1.82) is 0 Å². The van der Waals surface area contributed by atoms with Crippen LogP contribution in [0.1, 0.15) is 37.0 Å². The van der Waals surface area contributed by atoms with Crippen molar-refractivity contribution in [3.63, 3.8) is 0 Å². The summed E-state index contributed by atoms with van der Waals surface area (Å²) in [6.07, 6.45) is 2.39. The van der Waals surface area contributed by atoms with Crippen LogP contribution in [-0.2, 0) is 9.24 Å². The first-order valence-electron chi connectivity index (χ1n) is 5.00. The molecule has 1 unspecified atom stereocenters. The first-order valence-corrected chi connectivity index (χ1v) is 7.27. The number of aromatic nitrogens is 2. The van der Waals surface area contributed by atoms with Gasteiger partial charge < -0.3 is 4.52 Å². The van der Waals surface area contributed by atoms with E-state index < -0.39 is 15.3 Å². The molecule has 0 N–H and O–H groups in total. The van der Waals surface area contributed by atoms with Gasteiger partial charge in [0, 0.05) is 17.2 Å². The van der Waals surface area contributed by atoms with Gasteiger partial charge in [-0.2, -0.15) is 17.7 Å². The van der Waals surface area contributed by atoms with Crippen LogP contribution in [-0.4, -0.2) is 29.4 Å². The second kappa shape index (κ2) is 4.31. The minimum Gasteiger partial charge on any atom is -0.338 e. The van der Waals surface area contributed by atoms with E-state index in [1.165, 1.54) is 4.31 Å². The van der Waals surface area contributed by atoms with E-state index in [0.717, 1.165) is 12.8 Å². The number of rotatable bonds is 2. The summed E-state index contributed by atoms with van der Waals surface area (Å²) in [5.41, 5.74) is 0. The highest BCUT2D eigenvalue weighted by molar-refractivity contribution is 8.11. The molecule has 0 radical (unpaired) electrons. The Kier molecular flexibility index (Phi) is 3.18. The van der Waals surface area contributed by atoms with Crippen LogP contribution in [0.15, 0.2) is 4.52 Å². The molecule has 0 saturated carbocycles. The standard InChI is InChI=1S/C8H12ClN3O3S/c1-6-10-8(15-11-6)7-4-2-3-5-12(7)16(9,13)14/h7H,2-5H2,1H3. The SMILES string of the molecule is Cc1noc(C2CCCCN2S(=O)(=O)Cl)n1. The van der Waals surface area contributed by atoms with Crippen molar-refractivity contribution in [3.8, 4) is 0 Å². The minimum atomic E-state index is -3.74. The molecule has 0 amide bonds. The van der Waals surface area contributed by atoms with Crippen molar-refractivity contribution in [2.75, 3.05) is 6.54 Å². The fourth-order valence-corrected chi connectivity index (χ4v) is 3.20. The van der Waals surface area contributed by atoms with Gasteiger partial charge >= 0.3 is 9.24 Å². The van der Waals surface area contributed by atoms with Crippen LogP contribution in [0.25, 0.3) is 0 Å². The van der Waals surface area contributed by atoms with E-state index in [2.05, 4.69) is 10.1 Å². The molecule has 8 heteroatoms. The van der Waals surface area contributed by atoms with Gasteiger partial charge in [0.1, 0.15) is 6.04 Å². The van der Waals surface area contributed by atoms with Gasteiger partial charge in [-0.1, -0.05) is 11.6 Å². The number of aryl methyl sites for hydroxylation is 1. The van der Waals surface area contributed by atoms with Gasteiger partial charge in [-0.3, -0.25) is 0 Å². The van der Waals surface area contributed by atoms with Crippen molar-refractivity contribution in [2.45, 2.75) is 32.2 Å². The largest absolute Gasteiger partial charge is 0.338 e. The molecule has 1 aliphatic rings. The Morgan fingerprint density at radius 2 is 2.25 bits per heavy atom. The third-order valence-corrected chi connectivity index (χ3v) is 4.09. The number of hydrogen-bond donors (Lipinski definition) is 0. The first kappa shape index (κ1) is 11.8. The van der Waals surface area contributed by atoms with Crippen LogP contribution in [0.4, 0.5) is 0 Å². The number of nitrogens with zero attached hydrogens (tertiary/aromatic N) is 3. The molecule has 0 bridgehead atoms. The third-order valence-electron chi connectivity index (χ3n) is 2.56. The molecule has 0 aliphatic carbocycles. The first-order chi connectivity index (χ1) is 7.48. The topological polar surface area (TPSA) is 76.3 Å². The van der Waals surface area contributed by atoms with Crippen LogP contribution < -0.4 is 0 Å². The van der Waals surface area contributed by atoms with E-state index in [1.807, 2.05) is 0 Å². The van der Waals surface area contributed by atoms with E-state index in [4.69, 9.17) is 15.2 Å². The average Bonchev–Trinajstić information content (AvgIpc) is 2.64. The number of hydrogen-bond acceptors (Lipinski definition) is 5. The maximum Gasteiger partial charge on any atom is 0.300 e. The summed E-state index contributed by atoms with van der Waals surface area (Å²) in [5, 5.41) is 3.66. The maximum atomic E-state index is 11.4. The Hall–Kier alpha value is -0.660. The predicted molar refractivity (Wildman–Crippen MR) is 57.1 cm³/mol. The Morgan fingerprint density at radius 1 is 1.50 bits per heavy atom. The molecule has 1 aliphatic heterocycles. The Bertz CT molecular complexity index is 473. The third kappa shape index (κ3) is 2.36. The normalized spacial score (nSPS) is 23.5. The summed E-state index contributed by atoms with van der Waals surface area (Å²) in [7, 11) is 1.64. The molecular weight excluding hydrogens is 254 g/mol. The molecule has 6 nitrogen and oxygen atoms in total.